The number of hydrazine groups is 1. The molecule has 0 aliphatic carbocycles. The van der Waals surface area contributed by atoms with Crippen LogP contribution in [0.1, 0.15) is 38.7 Å². The standard InChI is InChI=1S/C21H31N3O5/c1-3-29-21(28)18(12-11-17-9-5-4-6-10-17)22-16(2)20(27)24(15-19(25)26)23-13-7-8-14-23/h4-6,9-10,16,18,22H,3,7-8,11-15H2,1-2H3,(H,25,26). The molecule has 1 aromatic carbocycles. The summed E-state index contributed by atoms with van der Waals surface area (Å²) in [6, 6.07) is 8.40. The van der Waals surface area contributed by atoms with Crippen molar-refractivity contribution in [2.75, 3.05) is 26.2 Å². The van der Waals surface area contributed by atoms with Crippen molar-refractivity contribution in [3.63, 3.8) is 0 Å². The van der Waals surface area contributed by atoms with Gasteiger partial charge in [-0.2, -0.15) is 0 Å². The molecule has 1 aliphatic heterocycles. The monoisotopic (exact) mass is 405 g/mol. The minimum absolute atomic E-state index is 0.254. The SMILES string of the molecule is CCOC(=O)C(CCc1ccccc1)NC(C)C(=O)N(CC(=O)O)N1CCCC1. The highest BCUT2D eigenvalue weighted by atomic mass is 16.5. The molecule has 1 heterocycles. The Kier molecular flexibility index (Phi) is 9.08. The number of hydrogen-bond donors (Lipinski definition) is 2. The molecule has 160 valence electrons. The number of benzene rings is 1. The second kappa shape index (κ2) is 11.5. The van der Waals surface area contributed by atoms with Crippen LogP contribution in [0.15, 0.2) is 30.3 Å². The van der Waals surface area contributed by atoms with E-state index in [9.17, 15) is 19.5 Å². The summed E-state index contributed by atoms with van der Waals surface area (Å²) in [6.45, 7) is 4.56. The third-order valence-corrected chi connectivity index (χ3v) is 4.92. The molecule has 1 saturated heterocycles. The van der Waals surface area contributed by atoms with Crippen molar-refractivity contribution in [1.82, 2.24) is 15.3 Å². The maximum absolute atomic E-state index is 13.0. The van der Waals surface area contributed by atoms with Crippen LogP contribution in [0.25, 0.3) is 0 Å². The molecule has 1 aliphatic rings. The van der Waals surface area contributed by atoms with Crippen LogP contribution < -0.4 is 5.32 Å². The highest BCUT2D eigenvalue weighted by molar-refractivity contribution is 5.85. The summed E-state index contributed by atoms with van der Waals surface area (Å²) in [5.41, 5.74) is 1.09. The number of aryl methyl sites for hydroxylation is 1. The number of rotatable bonds is 11. The lowest BCUT2D eigenvalue weighted by Crippen LogP contribution is -2.56. The first-order chi connectivity index (χ1) is 13.9. The highest BCUT2D eigenvalue weighted by Crippen LogP contribution is 2.13. The van der Waals surface area contributed by atoms with Crippen molar-refractivity contribution in [2.24, 2.45) is 0 Å². The Morgan fingerprint density at radius 3 is 2.45 bits per heavy atom. The molecule has 2 rings (SSSR count). The quantitative estimate of drug-likeness (QED) is 0.538. The third kappa shape index (κ3) is 7.14. The van der Waals surface area contributed by atoms with Crippen LogP contribution in [0.4, 0.5) is 0 Å². The van der Waals surface area contributed by atoms with Gasteiger partial charge in [-0.05, 0) is 45.1 Å². The zero-order valence-electron chi connectivity index (χ0n) is 17.2. The van der Waals surface area contributed by atoms with Gasteiger partial charge in [0.05, 0.1) is 12.6 Å². The van der Waals surface area contributed by atoms with Crippen molar-refractivity contribution in [3.8, 4) is 0 Å². The minimum atomic E-state index is -1.07. The second-order valence-corrected chi connectivity index (χ2v) is 7.17. The van der Waals surface area contributed by atoms with E-state index in [0.717, 1.165) is 18.4 Å². The number of carbonyl (C=O) groups is 3. The molecule has 1 aromatic rings. The first kappa shape index (κ1) is 22.8. The van der Waals surface area contributed by atoms with Gasteiger partial charge in [-0.1, -0.05) is 30.3 Å². The van der Waals surface area contributed by atoms with Gasteiger partial charge in [-0.25, -0.2) is 5.01 Å². The molecule has 1 amide bonds. The van der Waals surface area contributed by atoms with E-state index in [0.29, 0.717) is 25.9 Å². The van der Waals surface area contributed by atoms with Crippen LogP contribution in [0, 0.1) is 0 Å². The maximum atomic E-state index is 13.0. The molecular formula is C21H31N3O5. The fourth-order valence-electron chi connectivity index (χ4n) is 3.45. The Morgan fingerprint density at radius 1 is 1.21 bits per heavy atom. The van der Waals surface area contributed by atoms with Crippen LogP contribution in [-0.4, -0.2) is 71.3 Å². The summed E-state index contributed by atoms with van der Waals surface area (Å²) in [5.74, 6) is -1.83. The topological polar surface area (TPSA) is 99.2 Å². The van der Waals surface area contributed by atoms with Gasteiger partial charge in [0.1, 0.15) is 12.6 Å². The number of carboxylic acid groups (broad SMARTS) is 1. The predicted octanol–water partition coefficient (Wildman–Crippen LogP) is 1.45. The number of carboxylic acids is 1. The number of nitrogens with one attached hydrogen (secondary N) is 1. The molecule has 2 unspecified atom stereocenters. The lowest BCUT2D eigenvalue weighted by atomic mass is 10.0. The summed E-state index contributed by atoms with van der Waals surface area (Å²) in [5, 5.41) is 15.3. The predicted molar refractivity (Wildman–Crippen MR) is 108 cm³/mol. The number of aliphatic carboxylic acids is 1. The molecule has 0 bridgehead atoms. The number of carbonyl (C=O) groups excluding carboxylic acids is 2. The van der Waals surface area contributed by atoms with Gasteiger partial charge in [-0.3, -0.25) is 24.7 Å². The van der Waals surface area contributed by atoms with E-state index in [1.165, 1.54) is 5.01 Å². The largest absolute Gasteiger partial charge is 0.480 e. The van der Waals surface area contributed by atoms with Gasteiger partial charge in [0, 0.05) is 13.1 Å². The van der Waals surface area contributed by atoms with Gasteiger partial charge < -0.3 is 9.84 Å². The molecule has 2 atom stereocenters. The summed E-state index contributed by atoms with van der Waals surface area (Å²) in [7, 11) is 0. The Bertz CT molecular complexity index is 676. The zero-order chi connectivity index (χ0) is 21.2. The molecule has 2 N–H and O–H groups in total. The van der Waals surface area contributed by atoms with Crippen LogP contribution in [0.5, 0.6) is 0 Å². The smallest absolute Gasteiger partial charge is 0.324 e. The first-order valence-corrected chi connectivity index (χ1v) is 10.2. The van der Waals surface area contributed by atoms with Gasteiger partial charge in [0.15, 0.2) is 0 Å². The summed E-state index contributed by atoms with van der Waals surface area (Å²) < 4.78 is 5.17. The normalized spacial score (nSPS) is 16.2. The molecule has 0 saturated carbocycles. The summed E-state index contributed by atoms with van der Waals surface area (Å²) >= 11 is 0. The van der Waals surface area contributed by atoms with Gasteiger partial charge in [0.2, 0.25) is 0 Å². The van der Waals surface area contributed by atoms with Crippen LogP contribution in [0.3, 0.4) is 0 Å². The fourth-order valence-corrected chi connectivity index (χ4v) is 3.45. The Morgan fingerprint density at radius 2 is 1.86 bits per heavy atom. The molecule has 8 heteroatoms. The van der Waals surface area contributed by atoms with E-state index in [1.54, 1.807) is 18.9 Å². The number of amides is 1. The van der Waals surface area contributed by atoms with E-state index in [-0.39, 0.29) is 19.1 Å². The van der Waals surface area contributed by atoms with Crippen molar-refractivity contribution in [2.45, 2.75) is 51.6 Å². The molecular weight excluding hydrogens is 374 g/mol. The molecule has 8 nitrogen and oxygen atoms in total. The molecule has 1 fully saturated rings. The number of ether oxygens (including phenoxy) is 1. The van der Waals surface area contributed by atoms with Crippen LogP contribution >= 0.6 is 0 Å². The summed E-state index contributed by atoms with van der Waals surface area (Å²) in [6.07, 6.45) is 2.98. The Hall–Kier alpha value is -2.45. The van der Waals surface area contributed by atoms with Crippen LogP contribution in [0.2, 0.25) is 0 Å². The van der Waals surface area contributed by atoms with E-state index >= 15 is 0 Å². The number of hydrogen-bond acceptors (Lipinski definition) is 6. The summed E-state index contributed by atoms with van der Waals surface area (Å²) in [4.78, 5) is 36.6. The van der Waals surface area contributed by atoms with Gasteiger partial charge in [0.25, 0.3) is 5.91 Å². The average Bonchev–Trinajstić information content (AvgIpc) is 3.24. The van der Waals surface area contributed by atoms with E-state index < -0.39 is 24.0 Å². The molecule has 0 spiro atoms. The van der Waals surface area contributed by atoms with E-state index in [1.807, 2.05) is 30.3 Å². The highest BCUT2D eigenvalue weighted by Gasteiger charge is 2.32. The van der Waals surface area contributed by atoms with Crippen molar-refractivity contribution in [1.29, 1.82) is 0 Å². The lowest BCUT2D eigenvalue weighted by Gasteiger charge is -2.33. The molecule has 29 heavy (non-hydrogen) atoms. The second-order valence-electron chi connectivity index (χ2n) is 7.17. The number of nitrogens with zero attached hydrogens (tertiary/aromatic N) is 2. The fraction of sp³-hybridized carbons (Fsp3) is 0.571. The first-order valence-electron chi connectivity index (χ1n) is 10.2. The maximum Gasteiger partial charge on any atom is 0.324 e. The van der Waals surface area contributed by atoms with Gasteiger partial charge in [-0.15, -0.1) is 0 Å². The van der Waals surface area contributed by atoms with Crippen molar-refractivity contribution < 1.29 is 24.2 Å². The van der Waals surface area contributed by atoms with Crippen molar-refractivity contribution >= 4 is 17.8 Å². The van der Waals surface area contributed by atoms with E-state index in [4.69, 9.17) is 4.74 Å². The average molecular weight is 405 g/mol. The Labute approximate surface area is 171 Å². The van der Waals surface area contributed by atoms with Crippen LogP contribution in [-0.2, 0) is 25.5 Å². The minimum Gasteiger partial charge on any atom is -0.480 e. The zero-order valence-corrected chi connectivity index (χ0v) is 17.2. The third-order valence-electron chi connectivity index (χ3n) is 4.92. The van der Waals surface area contributed by atoms with Crippen molar-refractivity contribution in [3.05, 3.63) is 35.9 Å². The van der Waals surface area contributed by atoms with Gasteiger partial charge >= 0.3 is 11.9 Å². The number of esters is 1. The molecule has 0 aromatic heterocycles. The lowest BCUT2D eigenvalue weighted by molar-refractivity contribution is -0.159. The van der Waals surface area contributed by atoms with E-state index in [2.05, 4.69) is 5.32 Å². The Balaban J connectivity index is 2.04. The molecule has 0 radical (unpaired) electrons.